The highest BCUT2D eigenvalue weighted by Crippen LogP contribution is 2.42. The Hall–Kier alpha value is -1.07. The van der Waals surface area contributed by atoms with Gasteiger partial charge in [0.25, 0.3) is 0 Å². The molecule has 11 heteroatoms. The molecule has 132 valence electrons. The maximum atomic E-state index is 14.2. The molecule has 2 aromatic heterocycles. The molecule has 0 aliphatic carbocycles. The molecule has 0 unspecified atom stereocenters. The predicted octanol–water partition coefficient (Wildman–Crippen LogP) is 3.56. The number of hydrogen-bond acceptors (Lipinski definition) is 5. The van der Waals surface area contributed by atoms with Gasteiger partial charge in [-0.25, -0.2) is 9.37 Å². The second-order valence-electron chi connectivity index (χ2n) is 5.55. The van der Waals surface area contributed by atoms with Crippen molar-refractivity contribution in [3.8, 4) is 0 Å². The van der Waals surface area contributed by atoms with Crippen molar-refractivity contribution >= 4 is 39.2 Å². The number of anilines is 1. The van der Waals surface area contributed by atoms with E-state index in [0.29, 0.717) is 18.8 Å². The molecule has 2 atom stereocenters. The van der Waals surface area contributed by atoms with Gasteiger partial charge in [0.1, 0.15) is 16.6 Å². The topological polar surface area (TPSA) is 45.5 Å². The number of thioether (sulfide) groups is 1. The average Bonchev–Trinajstić information content (AvgIpc) is 2.78. The fourth-order valence-electron chi connectivity index (χ4n) is 2.62. The van der Waals surface area contributed by atoms with Crippen LogP contribution < -0.4 is 5.32 Å². The average molecular weight is 428 g/mol. The summed E-state index contributed by atoms with van der Waals surface area (Å²) in [6.07, 6.45) is 0.901. The molecule has 1 N–H and O–H groups in total. The van der Waals surface area contributed by atoms with Crippen molar-refractivity contribution in [1.29, 1.82) is 0 Å². The summed E-state index contributed by atoms with van der Waals surface area (Å²) in [5.74, 6) is 0.409. The van der Waals surface area contributed by atoms with Gasteiger partial charge in [0, 0.05) is 19.3 Å². The van der Waals surface area contributed by atoms with E-state index in [1.54, 1.807) is 6.07 Å². The number of halogens is 5. The molecule has 2 aromatic rings. The maximum absolute atomic E-state index is 14.2. The molecule has 1 saturated heterocycles. The van der Waals surface area contributed by atoms with E-state index >= 15 is 0 Å². The molecule has 0 amide bonds. The van der Waals surface area contributed by atoms with E-state index in [0.717, 1.165) is 6.54 Å². The number of hydrogen-bond donors (Lipinski definition) is 1. The van der Waals surface area contributed by atoms with E-state index < -0.39 is 17.7 Å². The third kappa shape index (κ3) is 3.77. The third-order valence-corrected chi connectivity index (χ3v) is 5.36. The summed E-state index contributed by atoms with van der Waals surface area (Å²) >= 11 is 2.76. The lowest BCUT2D eigenvalue weighted by molar-refractivity contribution is -0.0328. The Morgan fingerprint density at radius 2 is 2.17 bits per heavy atom. The highest BCUT2D eigenvalue weighted by atomic mass is 79.9. The lowest BCUT2D eigenvalue weighted by Crippen LogP contribution is -2.46. The van der Waals surface area contributed by atoms with E-state index in [9.17, 15) is 17.6 Å². The van der Waals surface area contributed by atoms with Gasteiger partial charge in [0.05, 0.1) is 10.9 Å². The van der Waals surface area contributed by atoms with Crippen molar-refractivity contribution in [2.45, 2.75) is 29.0 Å². The van der Waals surface area contributed by atoms with Crippen molar-refractivity contribution in [2.24, 2.45) is 0 Å². The molecule has 1 fully saturated rings. The van der Waals surface area contributed by atoms with E-state index in [1.165, 1.54) is 10.7 Å². The number of fused-ring (bicyclic) bond motifs is 1. The summed E-state index contributed by atoms with van der Waals surface area (Å²) < 4.78 is 53.6. The van der Waals surface area contributed by atoms with Gasteiger partial charge in [-0.15, -0.1) is 0 Å². The molecule has 5 nitrogen and oxygen atoms in total. The fraction of sp³-hybridized carbons (Fsp3) is 0.538. The van der Waals surface area contributed by atoms with Crippen LogP contribution in [0.1, 0.15) is 6.42 Å². The van der Waals surface area contributed by atoms with Crippen LogP contribution in [0.15, 0.2) is 21.8 Å². The fourth-order valence-corrected chi connectivity index (χ4v) is 3.79. The Labute approximate surface area is 147 Å². The number of piperidine rings is 1. The molecular formula is C13H14BrF4N5S. The summed E-state index contributed by atoms with van der Waals surface area (Å²) in [7, 11) is 1.85. The quantitative estimate of drug-likeness (QED) is 0.599. The molecule has 0 spiro atoms. The van der Waals surface area contributed by atoms with Crippen molar-refractivity contribution in [2.75, 3.05) is 25.5 Å². The van der Waals surface area contributed by atoms with Gasteiger partial charge in [-0.3, -0.25) is 0 Å². The number of likely N-dealkylation sites (tertiary alicyclic amines) is 1. The van der Waals surface area contributed by atoms with Crippen LogP contribution in [0.5, 0.6) is 0 Å². The summed E-state index contributed by atoms with van der Waals surface area (Å²) in [5, 5.41) is 7.10. The molecule has 24 heavy (non-hydrogen) atoms. The van der Waals surface area contributed by atoms with Gasteiger partial charge in [-0.05, 0) is 47.2 Å². The Morgan fingerprint density at radius 1 is 1.42 bits per heavy atom. The number of rotatable bonds is 3. The molecule has 1 aliphatic rings. The molecule has 1 aliphatic heterocycles. The molecule has 0 aromatic carbocycles. The summed E-state index contributed by atoms with van der Waals surface area (Å²) in [6.45, 7) is 1.05. The first kappa shape index (κ1) is 17.7. The Kier molecular flexibility index (Phi) is 4.94. The van der Waals surface area contributed by atoms with E-state index in [1.807, 2.05) is 11.9 Å². The number of nitrogens with one attached hydrogen (secondary N) is 1. The smallest absolute Gasteiger partial charge is 0.364 e. The van der Waals surface area contributed by atoms with Gasteiger partial charge in [0.15, 0.2) is 5.65 Å². The lowest BCUT2D eigenvalue weighted by atomic mass is 10.0. The first-order chi connectivity index (χ1) is 11.2. The predicted molar refractivity (Wildman–Crippen MR) is 87.0 cm³/mol. The van der Waals surface area contributed by atoms with Crippen molar-refractivity contribution in [3.05, 3.63) is 16.9 Å². The van der Waals surface area contributed by atoms with Crippen LogP contribution in [0, 0.1) is 0 Å². The van der Waals surface area contributed by atoms with Gasteiger partial charge in [-0.2, -0.15) is 22.8 Å². The normalized spacial score (nSPS) is 22.9. The van der Waals surface area contributed by atoms with Crippen LogP contribution in [0.4, 0.5) is 23.4 Å². The zero-order valence-electron chi connectivity index (χ0n) is 12.5. The van der Waals surface area contributed by atoms with Crippen molar-refractivity contribution in [3.63, 3.8) is 0 Å². The largest absolute Gasteiger partial charge is 0.446 e. The van der Waals surface area contributed by atoms with Crippen LogP contribution in [0.25, 0.3) is 5.65 Å². The summed E-state index contributed by atoms with van der Waals surface area (Å²) in [5.41, 5.74) is -4.38. The van der Waals surface area contributed by atoms with Crippen molar-refractivity contribution < 1.29 is 17.6 Å². The number of nitrogens with zero attached hydrogens (tertiary/aromatic N) is 4. The Balaban J connectivity index is 1.91. The van der Waals surface area contributed by atoms with Gasteiger partial charge >= 0.3 is 5.51 Å². The van der Waals surface area contributed by atoms with E-state index in [4.69, 9.17) is 0 Å². The second-order valence-corrected chi connectivity index (χ2v) is 7.38. The molecular weight excluding hydrogens is 414 g/mol. The molecule has 0 radical (unpaired) electrons. The van der Waals surface area contributed by atoms with Gasteiger partial charge in [0.2, 0.25) is 0 Å². The molecule has 0 saturated carbocycles. The third-order valence-electron chi connectivity index (χ3n) is 3.73. The van der Waals surface area contributed by atoms with Crippen LogP contribution in [-0.4, -0.2) is 57.4 Å². The molecule has 0 bridgehead atoms. The molecule has 3 heterocycles. The second kappa shape index (κ2) is 6.68. The highest BCUT2D eigenvalue weighted by molar-refractivity contribution is 9.10. The van der Waals surface area contributed by atoms with Crippen LogP contribution in [-0.2, 0) is 0 Å². The minimum atomic E-state index is -4.45. The minimum Gasteiger partial charge on any atom is -0.364 e. The SMILES string of the molecule is CN1CC[C@@H](Nc2ccnc3c(SC(F)(F)F)c(Br)nn23)[C@@H](F)C1. The Morgan fingerprint density at radius 3 is 2.83 bits per heavy atom. The highest BCUT2D eigenvalue weighted by Gasteiger charge is 2.34. The Bertz CT molecular complexity index is 737. The monoisotopic (exact) mass is 427 g/mol. The van der Waals surface area contributed by atoms with Crippen LogP contribution in [0.3, 0.4) is 0 Å². The first-order valence-electron chi connectivity index (χ1n) is 7.13. The number of aromatic nitrogens is 3. The van der Waals surface area contributed by atoms with Gasteiger partial charge in [-0.1, -0.05) is 0 Å². The number of alkyl halides is 4. The zero-order chi connectivity index (χ0) is 17.5. The standard InChI is InChI=1S/C13H14BrF4N5S/c1-22-5-3-8(7(15)6-22)20-9-2-4-19-12-10(24-13(16,17)18)11(14)21-23(9)12/h2,4,7-8,20H,3,5-6H2,1H3/t7-,8+/m0/s1. The summed E-state index contributed by atoms with van der Waals surface area (Å²) in [4.78, 5) is 5.76. The van der Waals surface area contributed by atoms with E-state index in [2.05, 4.69) is 31.3 Å². The van der Waals surface area contributed by atoms with Crippen molar-refractivity contribution in [1.82, 2.24) is 19.5 Å². The minimum absolute atomic E-state index is 0.0479. The lowest BCUT2D eigenvalue weighted by Gasteiger charge is -2.33. The zero-order valence-corrected chi connectivity index (χ0v) is 14.9. The summed E-state index contributed by atoms with van der Waals surface area (Å²) in [6, 6.07) is 1.15. The van der Waals surface area contributed by atoms with Crippen LogP contribution in [0.2, 0.25) is 0 Å². The van der Waals surface area contributed by atoms with Gasteiger partial charge < -0.3 is 10.2 Å². The molecule has 3 rings (SSSR count). The van der Waals surface area contributed by atoms with Crippen LogP contribution >= 0.6 is 27.7 Å². The van der Waals surface area contributed by atoms with E-state index in [-0.39, 0.29) is 26.9 Å². The first-order valence-corrected chi connectivity index (χ1v) is 8.73. The maximum Gasteiger partial charge on any atom is 0.446 e.